The van der Waals surface area contributed by atoms with Gasteiger partial charge in [-0.05, 0) is 36.5 Å². The van der Waals surface area contributed by atoms with Gasteiger partial charge in [-0.1, -0.05) is 69.3 Å². The molecule has 0 aliphatic carbocycles. The van der Waals surface area contributed by atoms with Crippen molar-refractivity contribution in [3.63, 3.8) is 0 Å². The number of benzene rings is 2. The normalized spacial score (nSPS) is 13.2. The molecular formula is C28H36N2O6S. The van der Waals surface area contributed by atoms with Gasteiger partial charge in [-0.25, -0.2) is 9.59 Å². The van der Waals surface area contributed by atoms with Crippen LogP contribution in [0, 0.1) is 5.92 Å². The number of nitrogens with one attached hydrogen (secondary N) is 2. The highest BCUT2D eigenvalue weighted by atomic mass is 32.2. The fourth-order valence-electron chi connectivity index (χ4n) is 3.51. The van der Waals surface area contributed by atoms with Gasteiger partial charge in [0.25, 0.3) is 11.8 Å². The van der Waals surface area contributed by atoms with E-state index in [1.54, 1.807) is 37.3 Å². The molecule has 9 heteroatoms. The highest BCUT2D eigenvalue weighted by Crippen LogP contribution is 2.15. The van der Waals surface area contributed by atoms with Gasteiger partial charge in [0.05, 0.1) is 7.11 Å². The summed E-state index contributed by atoms with van der Waals surface area (Å²) in [6.45, 7) is 5.55. The maximum absolute atomic E-state index is 13.0. The molecule has 37 heavy (non-hydrogen) atoms. The lowest BCUT2D eigenvalue weighted by molar-refractivity contribution is -0.159. The molecule has 2 N–H and O–H groups in total. The van der Waals surface area contributed by atoms with Gasteiger partial charge < -0.3 is 20.1 Å². The molecule has 2 rings (SSSR count). The van der Waals surface area contributed by atoms with Gasteiger partial charge in [0, 0.05) is 17.1 Å². The highest BCUT2D eigenvalue weighted by Gasteiger charge is 2.31. The van der Waals surface area contributed by atoms with E-state index in [9.17, 15) is 19.2 Å². The number of rotatable bonds is 14. The van der Waals surface area contributed by atoms with Crippen LogP contribution in [0.2, 0.25) is 0 Å². The molecule has 0 aliphatic heterocycles. The molecule has 0 heterocycles. The van der Waals surface area contributed by atoms with Gasteiger partial charge in [-0.3, -0.25) is 9.59 Å². The summed E-state index contributed by atoms with van der Waals surface area (Å²) in [4.78, 5) is 50.9. The van der Waals surface area contributed by atoms with Crippen molar-refractivity contribution < 1.29 is 28.7 Å². The summed E-state index contributed by atoms with van der Waals surface area (Å²) in [5, 5.41) is 5.38. The second-order valence-electron chi connectivity index (χ2n) is 8.94. The van der Waals surface area contributed by atoms with Gasteiger partial charge >= 0.3 is 11.9 Å². The topological polar surface area (TPSA) is 111 Å². The van der Waals surface area contributed by atoms with Crippen molar-refractivity contribution in [2.45, 2.75) is 57.6 Å². The number of carbonyl (C=O) groups excluding carboxylic acids is 4. The van der Waals surface area contributed by atoms with E-state index in [0.29, 0.717) is 23.5 Å². The van der Waals surface area contributed by atoms with E-state index >= 15 is 0 Å². The highest BCUT2D eigenvalue weighted by molar-refractivity contribution is 7.98. The van der Waals surface area contributed by atoms with Crippen LogP contribution in [0.25, 0.3) is 0 Å². The Morgan fingerprint density at radius 3 is 2.05 bits per heavy atom. The summed E-state index contributed by atoms with van der Waals surface area (Å²) in [7, 11) is 1.26. The number of hydrogen-bond donors (Lipinski definition) is 2. The molecule has 3 atom stereocenters. The van der Waals surface area contributed by atoms with Crippen LogP contribution in [0.1, 0.15) is 49.5 Å². The second kappa shape index (κ2) is 15.7. The van der Waals surface area contributed by atoms with Crippen molar-refractivity contribution in [3.05, 3.63) is 71.8 Å². The monoisotopic (exact) mass is 528 g/mol. The third-order valence-corrected chi connectivity index (χ3v) is 6.56. The Morgan fingerprint density at radius 1 is 0.865 bits per heavy atom. The largest absolute Gasteiger partial charge is 0.467 e. The Bertz CT molecular complexity index is 1020. The van der Waals surface area contributed by atoms with Crippen LogP contribution >= 0.6 is 11.8 Å². The number of methoxy groups -OCH3 is 1. The van der Waals surface area contributed by atoms with Crippen LogP contribution in [-0.2, 0) is 29.6 Å². The minimum absolute atomic E-state index is 0.0906. The molecule has 0 spiro atoms. The molecule has 2 aromatic carbocycles. The molecule has 0 fully saturated rings. The lowest BCUT2D eigenvalue weighted by Gasteiger charge is -2.24. The molecule has 0 bridgehead atoms. The predicted octanol–water partition coefficient (Wildman–Crippen LogP) is 3.74. The average molecular weight is 529 g/mol. The quantitative estimate of drug-likeness (QED) is 0.359. The molecule has 8 nitrogen and oxygen atoms in total. The molecule has 200 valence electrons. The fraction of sp³-hybridized carbons (Fsp3) is 0.429. The smallest absolute Gasteiger partial charge is 0.329 e. The number of thioether (sulfide) groups is 1. The van der Waals surface area contributed by atoms with E-state index in [2.05, 4.69) is 10.6 Å². The zero-order valence-corrected chi connectivity index (χ0v) is 22.6. The Morgan fingerprint density at radius 2 is 1.49 bits per heavy atom. The first kappa shape index (κ1) is 29.9. The predicted molar refractivity (Wildman–Crippen MR) is 144 cm³/mol. The molecule has 0 aliphatic rings. The van der Waals surface area contributed by atoms with Gasteiger partial charge in [0.2, 0.25) is 0 Å². The zero-order valence-electron chi connectivity index (χ0n) is 21.8. The van der Waals surface area contributed by atoms with Crippen LogP contribution in [0.3, 0.4) is 0 Å². The first-order valence-electron chi connectivity index (χ1n) is 12.3. The lowest BCUT2D eigenvalue weighted by atomic mass is 10.0. The molecule has 0 aromatic heterocycles. The molecule has 2 aromatic rings. The van der Waals surface area contributed by atoms with Crippen LogP contribution in [-0.4, -0.2) is 54.8 Å². The van der Waals surface area contributed by atoms with E-state index < -0.39 is 41.9 Å². The maximum atomic E-state index is 13.0. The molecule has 0 radical (unpaired) electrons. The van der Waals surface area contributed by atoms with Crippen molar-refractivity contribution in [3.8, 4) is 0 Å². The van der Waals surface area contributed by atoms with E-state index in [4.69, 9.17) is 9.47 Å². The number of carbonyl (C=O) groups is 4. The SMILES string of the molecule is CCC(OC(=O)C(CC(C)C)NC(=O)c1ccccc1)C(=O)NC(CSCc1ccccc1)C(=O)OC. The zero-order chi connectivity index (χ0) is 27.2. The summed E-state index contributed by atoms with van der Waals surface area (Å²) in [6, 6.07) is 16.5. The van der Waals surface area contributed by atoms with Crippen molar-refractivity contribution in [2.75, 3.05) is 12.9 Å². The van der Waals surface area contributed by atoms with Crippen LogP contribution in [0.4, 0.5) is 0 Å². The maximum Gasteiger partial charge on any atom is 0.329 e. The summed E-state index contributed by atoms with van der Waals surface area (Å²) in [5.74, 6) is -1.23. The first-order chi connectivity index (χ1) is 17.7. The van der Waals surface area contributed by atoms with Crippen molar-refractivity contribution in [1.82, 2.24) is 10.6 Å². The van der Waals surface area contributed by atoms with Crippen molar-refractivity contribution >= 4 is 35.5 Å². The number of ether oxygens (including phenoxy) is 2. The van der Waals surface area contributed by atoms with Crippen LogP contribution in [0.15, 0.2) is 60.7 Å². The molecule has 0 saturated heterocycles. The van der Waals surface area contributed by atoms with Crippen molar-refractivity contribution in [2.24, 2.45) is 5.92 Å². The van der Waals surface area contributed by atoms with E-state index in [0.717, 1.165) is 5.56 Å². The molecule has 2 amide bonds. The van der Waals surface area contributed by atoms with Crippen LogP contribution in [0.5, 0.6) is 0 Å². The number of hydrogen-bond acceptors (Lipinski definition) is 7. The second-order valence-corrected chi connectivity index (χ2v) is 9.97. The van der Waals surface area contributed by atoms with E-state index in [1.165, 1.54) is 18.9 Å². The number of esters is 2. The summed E-state index contributed by atoms with van der Waals surface area (Å²) < 4.78 is 10.4. The third kappa shape index (κ3) is 10.3. The Labute approximate surface area is 222 Å². The molecule has 0 saturated carbocycles. The van der Waals surface area contributed by atoms with Crippen molar-refractivity contribution in [1.29, 1.82) is 0 Å². The van der Waals surface area contributed by atoms with Gasteiger partial charge in [0.1, 0.15) is 12.1 Å². The Hall–Kier alpha value is -3.33. The van der Waals surface area contributed by atoms with Gasteiger partial charge in [0.15, 0.2) is 6.10 Å². The summed E-state index contributed by atoms with van der Waals surface area (Å²) >= 11 is 1.48. The van der Waals surface area contributed by atoms with E-state index in [1.807, 2.05) is 44.2 Å². The summed E-state index contributed by atoms with van der Waals surface area (Å²) in [5.41, 5.74) is 1.51. The Balaban J connectivity index is 2.01. The molecule has 3 unspecified atom stereocenters. The molecular weight excluding hydrogens is 492 g/mol. The Kier molecular flexibility index (Phi) is 12.7. The third-order valence-electron chi connectivity index (χ3n) is 5.45. The van der Waals surface area contributed by atoms with E-state index in [-0.39, 0.29) is 12.3 Å². The van der Waals surface area contributed by atoms with Gasteiger partial charge in [-0.2, -0.15) is 11.8 Å². The fourth-order valence-corrected chi connectivity index (χ4v) is 4.51. The standard InChI is InChI=1S/C28H36N2O6S/c1-5-24(26(32)30-23(27(33)35-4)18-37-17-20-12-8-6-9-13-20)36-28(34)22(16-19(2)3)29-25(31)21-14-10-7-11-15-21/h6-15,19,22-24H,5,16-18H2,1-4H3,(H,29,31)(H,30,32). The minimum atomic E-state index is -1.12. The lowest BCUT2D eigenvalue weighted by Crippen LogP contribution is -2.50. The number of amides is 2. The van der Waals surface area contributed by atoms with Crippen LogP contribution < -0.4 is 10.6 Å². The summed E-state index contributed by atoms with van der Waals surface area (Å²) in [6.07, 6.45) is -0.581. The minimum Gasteiger partial charge on any atom is -0.467 e. The first-order valence-corrected chi connectivity index (χ1v) is 13.5. The van der Waals surface area contributed by atoms with Gasteiger partial charge in [-0.15, -0.1) is 0 Å². The average Bonchev–Trinajstić information content (AvgIpc) is 2.90.